The van der Waals surface area contributed by atoms with E-state index >= 15 is 0 Å². The Bertz CT molecular complexity index is 1050. The standard InChI is InChI=1S/C22H27ClN4O4S/c1-16(25-32(30,31)21-9-7-20(8-10-21)24-17(2)28)22(29)27-13-11-26(12-14-27)15-18-3-5-19(23)6-4-18/h3-10,16,25H,11-15H2,1-2H3,(H,24,28)/t16-/m0/s1. The van der Waals surface area contributed by atoms with Gasteiger partial charge in [0.05, 0.1) is 10.9 Å². The molecule has 0 radical (unpaired) electrons. The fraction of sp³-hybridized carbons (Fsp3) is 0.364. The Labute approximate surface area is 193 Å². The number of amides is 2. The Hall–Kier alpha value is -2.46. The number of nitrogens with one attached hydrogen (secondary N) is 2. The van der Waals surface area contributed by atoms with Crippen molar-refractivity contribution in [3.63, 3.8) is 0 Å². The summed E-state index contributed by atoms with van der Waals surface area (Å²) in [7, 11) is -3.87. The molecule has 1 aliphatic rings. The number of carbonyl (C=O) groups is 2. The average molecular weight is 479 g/mol. The van der Waals surface area contributed by atoms with E-state index in [4.69, 9.17) is 11.6 Å². The monoisotopic (exact) mass is 478 g/mol. The van der Waals surface area contributed by atoms with Crippen molar-refractivity contribution in [2.45, 2.75) is 31.3 Å². The van der Waals surface area contributed by atoms with Gasteiger partial charge in [0.2, 0.25) is 21.8 Å². The number of hydrogen-bond acceptors (Lipinski definition) is 5. The lowest BCUT2D eigenvalue weighted by Gasteiger charge is -2.36. The van der Waals surface area contributed by atoms with Gasteiger partial charge in [0, 0.05) is 50.4 Å². The van der Waals surface area contributed by atoms with Crippen molar-refractivity contribution in [3.8, 4) is 0 Å². The van der Waals surface area contributed by atoms with E-state index < -0.39 is 16.1 Å². The quantitative estimate of drug-likeness (QED) is 0.636. The molecule has 2 aromatic rings. The summed E-state index contributed by atoms with van der Waals surface area (Å²) < 4.78 is 27.8. The van der Waals surface area contributed by atoms with E-state index in [2.05, 4.69) is 14.9 Å². The third-order valence-corrected chi connectivity index (χ3v) is 7.00. The van der Waals surface area contributed by atoms with Gasteiger partial charge in [0.25, 0.3) is 0 Å². The molecular weight excluding hydrogens is 452 g/mol. The first-order valence-corrected chi connectivity index (χ1v) is 12.2. The minimum atomic E-state index is -3.87. The molecule has 1 fully saturated rings. The first-order valence-electron chi connectivity index (χ1n) is 10.3. The summed E-state index contributed by atoms with van der Waals surface area (Å²) in [6, 6.07) is 12.6. The van der Waals surface area contributed by atoms with Gasteiger partial charge in [-0.15, -0.1) is 0 Å². The summed E-state index contributed by atoms with van der Waals surface area (Å²) in [5.74, 6) is -0.499. The van der Waals surface area contributed by atoms with Crippen LogP contribution in [0.1, 0.15) is 19.4 Å². The van der Waals surface area contributed by atoms with Crippen molar-refractivity contribution in [3.05, 3.63) is 59.1 Å². The van der Waals surface area contributed by atoms with Crippen molar-refractivity contribution in [2.24, 2.45) is 0 Å². The first kappa shape index (κ1) is 24.2. The van der Waals surface area contributed by atoms with Crippen LogP contribution in [0.3, 0.4) is 0 Å². The second-order valence-electron chi connectivity index (χ2n) is 7.78. The molecule has 1 aliphatic heterocycles. The van der Waals surface area contributed by atoms with E-state index in [-0.39, 0.29) is 16.7 Å². The van der Waals surface area contributed by atoms with E-state index in [9.17, 15) is 18.0 Å². The summed E-state index contributed by atoms with van der Waals surface area (Å²) in [5.41, 5.74) is 1.65. The van der Waals surface area contributed by atoms with E-state index in [0.717, 1.165) is 12.1 Å². The van der Waals surface area contributed by atoms with Crippen LogP contribution in [0.25, 0.3) is 0 Å². The Morgan fingerprint density at radius 1 is 1.00 bits per heavy atom. The molecule has 0 bridgehead atoms. The Balaban J connectivity index is 1.52. The number of rotatable bonds is 7. The average Bonchev–Trinajstić information content (AvgIpc) is 2.75. The van der Waals surface area contributed by atoms with Crippen molar-refractivity contribution < 1.29 is 18.0 Å². The molecule has 0 unspecified atom stereocenters. The second kappa shape index (κ2) is 10.4. The number of carbonyl (C=O) groups excluding carboxylic acids is 2. The lowest BCUT2D eigenvalue weighted by atomic mass is 10.2. The second-order valence-corrected chi connectivity index (χ2v) is 9.93. The van der Waals surface area contributed by atoms with Gasteiger partial charge in [-0.25, -0.2) is 8.42 Å². The molecule has 3 rings (SSSR count). The van der Waals surface area contributed by atoms with Gasteiger partial charge in [-0.3, -0.25) is 14.5 Å². The highest BCUT2D eigenvalue weighted by molar-refractivity contribution is 7.89. The molecule has 2 aromatic carbocycles. The smallest absolute Gasteiger partial charge is 0.241 e. The zero-order valence-electron chi connectivity index (χ0n) is 18.0. The van der Waals surface area contributed by atoms with E-state index in [1.807, 2.05) is 24.3 Å². The van der Waals surface area contributed by atoms with Crippen LogP contribution >= 0.6 is 11.6 Å². The summed E-state index contributed by atoms with van der Waals surface area (Å²) in [4.78, 5) is 27.9. The largest absolute Gasteiger partial charge is 0.339 e. The van der Waals surface area contributed by atoms with Crippen LogP contribution in [0.4, 0.5) is 5.69 Å². The third-order valence-electron chi connectivity index (χ3n) is 5.19. The lowest BCUT2D eigenvalue weighted by Crippen LogP contribution is -2.53. The van der Waals surface area contributed by atoms with Crippen molar-refractivity contribution >= 4 is 39.1 Å². The number of nitrogens with zero attached hydrogens (tertiary/aromatic N) is 2. The van der Waals surface area contributed by atoms with E-state index in [1.54, 1.807) is 11.8 Å². The molecule has 1 heterocycles. The fourth-order valence-electron chi connectivity index (χ4n) is 3.52. The van der Waals surface area contributed by atoms with Crippen molar-refractivity contribution in [1.29, 1.82) is 0 Å². The zero-order chi connectivity index (χ0) is 23.3. The van der Waals surface area contributed by atoms with Gasteiger partial charge in [0.1, 0.15) is 0 Å². The third kappa shape index (κ3) is 6.52. The number of hydrogen-bond donors (Lipinski definition) is 2. The van der Waals surface area contributed by atoms with Crippen LogP contribution in [0, 0.1) is 0 Å². The number of anilines is 1. The van der Waals surface area contributed by atoms with Gasteiger partial charge in [0.15, 0.2) is 0 Å². The lowest BCUT2D eigenvalue weighted by molar-refractivity contribution is -0.134. The molecule has 1 atom stereocenters. The van der Waals surface area contributed by atoms with Gasteiger partial charge in [-0.1, -0.05) is 23.7 Å². The predicted octanol–water partition coefficient (Wildman–Crippen LogP) is 2.31. The summed E-state index contributed by atoms with van der Waals surface area (Å²) in [5, 5.41) is 3.28. The number of sulfonamides is 1. The maximum atomic E-state index is 12.8. The van der Waals surface area contributed by atoms with Crippen LogP contribution in [0.15, 0.2) is 53.4 Å². The van der Waals surface area contributed by atoms with Gasteiger partial charge < -0.3 is 10.2 Å². The maximum Gasteiger partial charge on any atom is 0.241 e. The number of piperazine rings is 1. The highest BCUT2D eigenvalue weighted by atomic mass is 35.5. The SMILES string of the molecule is CC(=O)Nc1ccc(S(=O)(=O)N[C@@H](C)C(=O)N2CCN(Cc3ccc(Cl)cc3)CC2)cc1. The van der Waals surface area contributed by atoms with Crippen LogP contribution in [0.5, 0.6) is 0 Å². The molecule has 2 amide bonds. The molecule has 0 saturated carbocycles. The van der Waals surface area contributed by atoms with Crippen LogP contribution in [-0.2, 0) is 26.2 Å². The van der Waals surface area contributed by atoms with Crippen molar-refractivity contribution in [1.82, 2.24) is 14.5 Å². The fourth-order valence-corrected chi connectivity index (χ4v) is 4.84. The minimum absolute atomic E-state index is 0.0269. The van der Waals surface area contributed by atoms with Crippen LogP contribution in [-0.4, -0.2) is 62.3 Å². The summed E-state index contributed by atoms with van der Waals surface area (Å²) >= 11 is 5.93. The topological polar surface area (TPSA) is 98.8 Å². The summed E-state index contributed by atoms with van der Waals surface area (Å²) in [6.45, 7) is 6.17. The molecule has 2 N–H and O–H groups in total. The molecular formula is C22H27ClN4O4S. The molecule has 8 nitrogen and oxygen atoms in total. The normalized spacial score (nSPS) is 15.9. The highest BCUT2D eigenvalue weighted by Crippen LogP contribution is 2.16. The Kier molecular flexibility index (Phi) is 7.89. The Morgan fingerprint density at radius 2 is 1.59 bits per heavy atom. The molecule has 0 aromatic heterocycles. The molecule has 0 spiro atoms. The predicted molar refractivity (Wildman–Crippen MR) is 124 cm³/mol. The van der Waals surface area contributed by atoms with Crippen LogP contribution < -0.4 is 10.0 Å². The highest BCUT2D eigenvalue weighted by Gasteiger charge is 2.28. The molecule has 1 saturated heterocycles. The van der Waals surface area contributed by atoms with E-state index in [0.29, 0.717) is 36.9 Å². The number of halogens is 1. The number of benzene rings is 2. The van der Waals surface area contributed by atoms with Crippen LogP contribution in [0.2, 0.25) is 5.02 Å². The maximum absolute atomic E-state index is 12.8. The molecule has 0 aliphatic carbocycles. The first-order chi connectivity index (χ1) is 15.1. The van der Waals surface area contributed by atoms with Gasteiger partial charge in [-0.05, 0) is 48.9 Å². The van der Waals surface area contributed by atoms with E-state index in [1.165, 1.54) is 31.2 Å². The zero-order valence-corrected chi connectivity index (χ0v) is 19.6. The molecule has 32 heavy (non-hydrogen) atoms. The van der Waals surface area contributed by atoms with Gasteiger partial charge >= 0.3 is 0 Å². The molecule has 10 heteroatoms. The molecule has 172 valence electrons. The van der Waals surface area contributed by atoms with Gasteiger partial charge in [-0.2, -0.15) is 4.72 Å². The Morgan fingerprint density at radius 3 is 2.16 bits per heavy atom. The minimum Gasteiger partial charge on any atom is -0.339 e. The van der Waals surface area contributed by atoms with Crippen molar-refractivity contribution in [2.75, 3.05) is 31.5 Å². The summed E-state index contributed by atoms with van der Waals surface area (Å²) in [6.07, 6.45) is 0.